The Hall–Kier alpha value is -2.12. The Bertz CT molecular complexity index is 1170. The van der Waals surface area contributed by atoms with Gasteiger partial charge in [0.25, 0.3) is 0 Å². The van der Waals surface area contributed by atoms with Gasteiger partial charge in [0.2, 0.25) is 0 Å². The second-order valence-corrected chi connectivity index (χ2v) is 26.7. The summed E-state index contributed by atoms with van der Waals surface area (Å²) in [5.41, 5.74) is 0. The van der Waals surface area contributed by atoms with Gasteiger partial charge in [0.1, 0.15) is 0 Å². The molecule has 504 valence electrons. The van der Waals surface area contributed by atoms with Crippen molar-refractivity contribution in [2.75, 3.05) is 26.4 Å². The lowest BCUT2D eigenvalue weighted by atomic mass is 9.87. The van der Waals surface area contributed by atoms with E-state index in [2.05, 4.69) is 27.7 Å². The number of esters is 4. The Morgan fingerprint density at radius 3 is 0.482 bits per heavy atom. The molecule has 0 aromatic heterocycles. The molecule has 0 bridgehead atoms. The average molecular weight is 1200 g/mol. The summed E-state index contributed by atoms with van der Waals surface area (Å²) in [4.78, 5) is 52.3. The Kier molecular flexibility index (Phi) is 69.2. The molecule has 85 heavy (non-hydrogen) atoms. The van der Waals surface area contributed by atoms with Crippen LogP contribution >= 0.6 is 0 Å². The molecule has 0 aliphatic rings. The van der Waals surface area contributed by atoms with E-state index < -0.39 is 0 Å². The highest BCUT2D eigenvalue weighted by Gasteiger charge is 2.19. The predicted octanol–water partition coefficient (Wildman–Crippen LogP) is 25.0. The van der Waals surface area contributed by atoms with E-state index in [-0.39, 0.29) is 35.7 Å². The van der Waals surface area contributed by atoms with Crippen LogP contribution in [-0.2, 0) is 38.1 Å². The summed E-state index contributed by atoms with van der Waals surface area (Å²) < 4.78 is 23.0. The number of rotatable bonds is 72. The number of hydrogen-bond acceptors (Lipinski definition) is 8. The fourth-order valence-corrected chi connectivity index (χ4v) is 12.4. The van der Waals surface area contributed by atoms with Crippen molar-refractivity contribution in [3.63, 3.8) is 0 Å². The highest BCUT2D eigenvalue weighted by molar-refractivity contribution is 5.70. The number of unbranched alkanes of at least 4 members (excludes halogenated alkanes) is 48. The standard InChI is InChI=1S/C77H148O8/c1-5-9-13-17-21-25-29-33-37-41-45-49-53-68-82-74(78)64-60-72(61-65-75(79)83-69-54-50-46-42-38-34-30-26-22-18-14-10-6-2)58-57-59-73(62-66-76(80)84-70-55-51-47-43-39-35-31-27-23-19-15-11-7-3)63-67-77(81)85-71-56-52-48-44-40-36-32-28-24-20-16-12-8-4/h72-73H,5-71H2,1-4H3. The van der Waals surface area contributed by atoms with E-state index in [1.807, 2.05) is 0 Å². The molecule has 0 unspecified atom stereocenters. The molecule has 0 aromatic rings. The van der Waals surface area contributed by atoms with Crippen molar-refractivity contribution in [2.24, 2.45) is 11.8 Å². The first kappa shape index (κ1) is 82.9. The van der Waals surface area contributed by atoms with Gasteiger partial charge < -0.3 is 18.9 Å². The van der Waals surface area contributed by atoms with Gasteiger partial charge in [-0.2, -0.15) is 0 Å². The topological polar surface area (TPSA) is 105 Å². The van der Waals surface area contributed by atoms with Crippen LogP contribution in [0.2, 0.25) is 0 Å². The fourth-order valence-electron chi connectivity index (χ4n) is 12.4. The van der Waals surface area contributed by atoms with Gasteiger partial charge in [0.05, 0.1) is 26.4 Å². The predicted molar refractivity (Wildman–Crippen MR) is 364 cm³/mol. The monoisotopic (exact) mass is 1200 g/mol. The van der Waals surface area contributed by atoms with Crippen molar-refractivity contribution in [2.45, 2.75) is 432 Å². The normalized spacial score (nSPS) is 11.6. The molecule has 0 N–H and O–H groups in total. The SMILES string of the molecule is CCCCCCCCCCCCCCCOC(=O)CCC(CCCC(CCC(=O)OCCCCCCCCCCCCCCC)CCC(=O)OCCCCCCCCCCCCCCC)CCC(=O)OCCCCCCCCCCCCCCC. The van der Waals surface area contributed by atoms with E-state index in [9.17, 15) is 19.2 Å². The molecule has 8 heteroatoms. The van der Waals surface area contributed by atoms with Crippen molar-refractivity contribution in [3.8, 4) is 0 Å². The minimum Gasteiger partial charge on any atom is -0.466 e. The molecule has 0 aliphatic heterocycles. The summed E-state index contributed by atoms with van der Waals surface area (Å²) in [7, 11) is 0. The van der Waals surface area contributed by atoms with Crippen molar-refractivity contribution in [1.29, 1.82) is 0 Å². The maximum absolute atomic E-state index is 13.1. The second-order valence-electron chi connectivity index (χ2n) is 26.7. The van der Waals surface area contributed by atoms with Crippen LogP contribution in [0.1, 0.15) is 432 Å². The highest BCUT2D eigenvalue weighted by Crippen LogP contribution is 2.27. The number of hydrogen-bond donors (Lipinski definition) is 0. The lowest BCUT2D eigenvalue weighted by Gasteiger charge is -2.20. The maximum Gasteiger partial charge on any atom is 0.305 e. The molecular formula is C77H148O8. The van der Waals surface area contributed by atoms with Crippen LogP contribution in [0.25, 0.3) is 0 Å². The molecule has 0 amide bonds. The van der Waals surface area contributed by atoms with Gasteiger partial charge in [-0.1, -0.05) is 355 Å². The molecule has 8 nitrogen and oxygen atoms in total. The molecular weight excluding hydrogens is 1050 g/mol. The zero-order valence-electron chi connectivity index (χ0n) is 57.8. The molecule has 0 fully saturated rings. The highest BCUT2D eigenvalue weighted by atomic mass is 16.5. The Morgan fingerprint density at radius 2 is 0.329 bits per heavy atom. The summed E-state index contributed by atoms with van der Waals surface area (Å²) >= 11 is 0. The first-order valence-electron chi connectivity index (χ1n) is 38.5. The minimum absolute atomic E-state index is 0.138. The summed E-state index contributed by atoms with van der Waals surface area (Å²) in [6.07, 6.45) is 73.7. The summed E-state index contributed by atoms with van der Waals surface area (Å²) in [6, 6.07) is 0. The molecule has 0 rings (SSSR count). The Labute approximate surface area is 530 Å². The van der Waals surface area contributed by atoms with Crippen LogP contribution in [0.4, 0.5) is 0 Å². The lowest BCUT2D eigenvalue weighted by molar-refractivity contribution is -0.145. The molecule has 0 saturated carbocycles. The number of carbonyl (C=O) groups is 4. The summed E-state index contributed by atoms with van der Waals surface area (Å²) in [5, 5.41) is 0. The van der Waals surface area contributed by atoms with Gasteiger partial charge in [-0.3, -0.25) is 19.2 Å². The van der Waals surface area contributed by atoms with Crippen LogP contribution in [-0.4, -0.2) is 50.3 Å². The molecule has 0 heterocycles. The molecule has 0 spiro atoms. The van der Waals surface area contributed by atoms with E-state index in [1.165, 1.54) is 283 Å². The van der Waals surface area contributed by atoms with E-state index in [0.717, 1.165) is 70.6 Å². The first-order chi connectivity index (χ1) is 41.9. The fraction of sp³-hybridized carbons (Fsp3) is 0.948. The smallest absolute Gasteiger partial charge is 0.305 e. The molecule has 0 atom stereocenters. The Morgan fingerprint density at radius 1 is 0.188 bits per heavy atom. The Balaban J connectivity index is 5.18. The number of ether oxygens (including phenoxy) is 4. The lowest BCUT2D eigenvalue weighted by Crippen LogP contribution is -2.14. The van der Waals surface area contributed by atoms with Gasteiger partial charge in [0, 0.05) is 25.7 Å². The van der Waals surface area contributed by atoms with Gasteiger partial charge in [-0.25, -0.2) is 0 Å². The minimum atomic E-state index is -0.138. The quantitative estimate of drug-likeness (QED) is 0.0337. The molecule has 0 aromatic carbocycles. The third-order valence-electron chi connectivity index (χ3n) is 18.3. The van der Waals surface area contributed by atoms with Gasteiger partial charge in [-0.05, 0) is 63.2 Å². The molecule has 0 radical (unpaired) electrons. The third-order valence-corrected chi connectivity index (χ3v) is 18.3. The zero-order chi connectivity index (χ0) is 61.7. The average Bonchev–Trinajstić information content (AvgIpc) is 3.51. The molecule has 0 saturated heterocycles. The largest absolute Gasteiger partial charge is 0.466 e. The second kappa shape index (κ2) is 71.0. The van der Waals surface area contributed by atoms with Crippen LogP contribution in [0.15, 0.2) is 0 Å². The van der Waals surface area contributed by atoms with E-state index in [1.54, 1.807) is 0 Å². The van der Waals surface area contributed by atoms with Crippen molar-refractivity contribution in [3.05, 3.63) is 0 Å². The van der Waals surface area contributed by atoms with Crippen LogP contribution < -0.4 is 0 Å². The summed E-state index contributed by atoms with van der Waals surface area (Å²) in [5.74, 6) is -0.182. The van der Waals surface area contributed by atoms with E-state index >= 15 is 0 Å². The van der Waals surface area contributed by atoms with Crippen molar-refractivity contribution in [1.82, 2.24) is 0 Å². The van der Waals surface area contributed by atoms with Gasteiger partial charge >= 0.3 is 23.9 Å². The van der Waals surface area contributed by atoms with E-state index in [4.69, 9.17) is 18.9 Å². The number of carbonyl (C=O) groups excluding carboxylic acids is 4. The van der Waals surface area contributed by atoms with Crippen LogP contribution in [0.3, 0.4) is 0 Å². The van der Waals surface area contributed by atoms with Crippen molar-refractivity contribution < 1.29 is 38.1 Å². The maximum atomic E-state index is 13.1. The summed E-state index contributed by atoms with van der Waals surface area (Å²) in [6.45, 7) is 11.0. The van der Waals surface area contributed by atoms with Gasteiger partial charge in [-0.15, -0.1) is 0 Å². The van der Waals surface area contributed by atoms with Gasteiger partial charge in [0.15, 0.2) is 0 Å². The van der Waals surface area contributed by atoms with Crippen molar-refractivity contribution >= 4 is 23.9 Å². The molecule has 0 aliphatic carbocycles. The zero-order valence-corrected chi connectivity index (χ0v) is 57.8. The van der Waals surface area contributed by atoms with Crippen LogP contribution in [0, 0.1) is 11.8 Å². The van der Waals surface area contributed by atoms with E-state index in [0.29, 0.717) is 77.8 Å². The van der Waals surface area contributed by atoms with Crippen LogP contribution in [0.5, 0.6) is 0 Å². The third kappa shape index (κ3) is 67.7. The first-order valence-corrected chi connectivity index (χ1v) is 38.5.